The van der Waals surface area contributed by atoms with Crippen LogP contribution in [0.25, 0.3) is 0 Å². The summed E-state index contributed by atoms with van der Waals surface area (Å²) in [5, 5.41) is 40.4. The highest BCUT2D eigenvalue weighted by Crippen LogP contribution is 2.08. The van der Waals surface area contributed by atoms with Crippen LogP contribution in [0.15, 0.2) is 4.99 Å². The number of rotatable bonds is 23. The summed E-state index contributed by atoms with van der Waals surface area (Å²) >= 11 is 0. The molecule has 6 atom stereocenters. The van der Waals surface area contributed by atoms with Crippen LogP contribution in [0.1, 0.15) is 59.8 Å². The zero-order valence-corrected chi connectivity index (χ0v) is 27.7. The van der Waals surface area contributed by atoms with E-state index >= 15 is 0 Å². The maximum Gasteiger partial charge on any atom is 0.326 e. The number of aliphatic carboxylic acids is 1. The van der Waals surface area contributed by atoms with Crippen LogP contribution in [0.3, 0.4) is 0 Å². The Balaban J connectivity index is 5.61. The predicted molar refractivity (Wildman–Crippen MR) is 172 cm³/mol. The molecule has 274 valence electrons. The van der Waals surface area contributed by atoms with E-state index in [4.69, 9.17) is 22.9 Å². The molecule has 0 fully saturated rings. The van der Waals surface area contributed by atoms with Gasteiger partial charge in [0.05, 0.1) is 25.7 Å². The molecule has 0 aliphatic heterocycles. The number of aliphatic imine (C=N–C) groups is 1. The summed E-state index contributed by atoms with van der Waals surface area (Å²) in [6, 6.07) is -8.59. The molecule has 0 aromatic heterocycles. The number of carboxylic acid groups (broad SMARTS) is 1. The number of primary amides is 1. The van der Waals surface area contributed by atoms with Crippen molar-refractivity contribution >= 4 is 47.4 Å². The van der Waals surface area contributed by atoms with E-state index in [1.165, 1.54) is 0 Å². The molecule has 0 unspecified atom stereocenters. The minimum absolute atomic E-state index is 0.0388. The van der Waals surface area contributed by atoms with Gasteiger partial charge in [-0.05, 0) is 37.5 Å². The molecule has 0 heterocycles. The third-order valence-corrected chi connectivity index (χ3v) is 6.64. The summed E-state index contributed by atoms with van der Waals surface area (Å²) in [5.41, 5.74) is 21.6. The average molecular weight is 689 g/mol. The van der Waals surface area contributed by atoms with Gasteiger partial charge in [-0.3, -0.25) is 33.8 Å². The molecular formula is C28H52N10O10. The van der Waals surface area contributed by atoms with Crippen molar-refractivity contribution in [2.45, 2.75) is 96.1 Å². The molecule has 0 aromatic carbocycles. The van der Waals surface area contributed by atoms with Gasteiger partial charge in [0, 0.05) is 6.54 Å². The van der Waals surface area contributed by atoms with E-state index in [0.29, 0.717) is 6.42 Å². The first-order valence-electron chi connectivity index (χ1n) is 15.4. The number of carbonyl (C=O) groups excluding carboxylic acids is 6. The van der Waals surface area contributed by atoms with Crippen molar-refractivity contribution in [2.75, 3.05) is 19.8 Å². The fraction of sp³-hybridized carbons (Fsp3) is 0.714. The number of hydrogen-bond acceptors (Lipinski definition) is 11. The molecule has 0 saturated carbocycles. The summed E-state index contributed by atoms with van der Waals surface area (Å²) in [4.78, 5) is 91.4. The second kappa shape index (κ2) is 22.1. The van der Waals surface area contributed by atoms with Crippen molar-refractivity contribution in [3.05, 3.63) is 0 Å². The molecule has 0 radical (unpaired) electrons. The number of aliphatic hydroxyl groups excluding tert-OH is 2. The Morgan fingerprint density at radius 3 is 1.44 bits per heavy atom. The number of nitrogens with one attached hydrogen (secondary N) is 5. The number of carboxylic acids is 1. The van der Waals surface area contributed by atoms with Gasteiger partial charge in [-0.2, -0.15) is 0 Å². The van der Waals surface area contributed by atoms with Crippen molar-refractivity contribution < 1.29 is 48.9 Å². The Hall–Kier alpha value is -4.56. The van der Waals surface area contributed by atoms with Gasteiger partial charge in [0.2, 0.25) is 35.4 Å². The van der Waals surface area contributed by atoms with Crippen molar-refractivity contribution in [1.29, 1.82) is 0 Å². The molecule has 0 rings (SSSR count). The zero-order chi connectivity index (χ0) is 37.1. The van der Waals surface area contributed by atoms with Crippen molar-refractivity contribution in [3.8, 4) is 0 Å². The van der Waals surface area contributed by atoms with E-state index in [-0.39, 0.29) is 43.6 Å². The molecule has 20 nitrogen and oxygen atoms in total. The van der Waals surface area contributed by atoms with E-state index in [1.807, 2.05) is 0 Å². The lowest BCUT2D eigenvalue weighted by Gasteiger charge is -2.26. The minimum Gasteiger partial charge on any atom is -0.480 e. The van der Waals surface area contributed by atoms with Crippen LogP contribution in [0.2, 0.25) is 0 Å². The lowest BCUT2D eigenvalue weighted by molar-refractivity contribution is -0.143. The Bertz CT molecular complexity index is 1150. The maximum absolute atomic E-state index is 13.1. The molecule has 0 saturated heterocycles. The fourth-order valence-electron chi connectivity index (χ4n) is 4.21. The third-order valence-electron chi connectivity index (χ3n) is 6.64. The number of carbonyl (C=O) groups is 7. The number of hydrogen-bond donors (Lipinski definition) is 12. The number of nitrogens with zero attached hydrogens (tertiary/aromatic N) is 1. The lowest BCUT2D eigenvalue weighted by Crippen LogP contribution is -2.61. The first-order chi connectivity index (χ1) is 22.3. The van der Waals surface area contributed by atoms with Crippen molar-refractivity contribution in [2.24, 2.45) is 39.8 Å². The van der Waals surface area contributed by atoms with Crippen LogP contribution in [-0.2, 0) is 33.6 Å². The smallest absolute Gasteiger partial charge is 0.326 e. The average Bonchev–Trinajstić information content (AvgIpc) is 2.98. The van der Waals surface area contributed by atoms with Gasteiger partial charge in [-0.1, -0.05) is 27.7 Å². The Morgan fingerprint density at radius 1 is 0.625 bits per heavy atom. The van der Waals surface area contributed by atoms with Crippen LogP contribution < -0.4 is 49.5 Å². The quantitative estimate of drug-likeness (QED) is 0.0272. The molecule has 0 aliphatic carbocycles. The van der Waals surface area contributed by atoms with Crippen molar-refractivity contribution in [1.82, 2.24) is 26.6 Å². The van der Waals surface area contributed by atoms with E-state index in [1.54, 1.807) is 27.7 Å². The fourth-order valence-corrected chi connectivity index (χ4v) is 4.21. The first-order valence-corrected chi connectivity index (χ1v) is 15.4. The highest BCUT2D eigenvalue weighted by molar-refractivity contribution is 5.97. The largest absolute Gasteiger partial charge is 0.480 e. The predicted octanol–water partition coefficient (Wildman–Crippen LogP) is -5.17. The topological polar surface area (TPSA) is 357 Å². The number of guanidine groups is 1. The molecule has 20 heteroatoms. The molecule has 0 aromatic rings. The summed E-state index contributed by atoms with van der Waals surface area (Å²) < 4.78 is 0. The molecule has 0 spiro atoms. The summed E-state index contributed by atoms with van der Waals surface area (Å²) in [6.07, 6.45) is 0.00966. The van der Waals surface area contributed by atoms with Crippen LogP contribution in [0.5, 0.6) is 0 Å². The van der Waals surface area contributed by atoms with E-state index in [0.717, 1.165) is 0 Å². The van der Waals surface area contributed by atoms with Gasteiger partial charge in [-0.25, -0.2) is 4.79 Å². The second-order valence-corrected chi connectivity index (χ2v) is 12.0. The van der Waals surface area contributed by atoms with Gasteiger partial charge in [0.25, 0.3) is 0 Å². The normalized spacial score (nSPS) is 14.8. The van der Waals surface area contributed by atoms with E-state index in [9.17, 15) is 48.9 Å². The van der Waals surface area contributed by atoms with Crippen LogP contribution >= 0.6 is 0 Å². The maximum atomic E-state index is 13.1. The highest BCUT2D eigenvalue weighted by Gasteiger charge is 2.33. The summed E-state index contributed by atoms with van der Waals surface area (Å²) in [5.74, 6) is -7.56. The number of nitrogens with two attached hydrogens (primary N) is 4. The summed E-state index contributed by atoms with van der Waals surface area (Å²) in [7, 11) is 0. The number of aliphatic hydroxyl groups is 2. The van der Waals surface area contributed by atoms with E-state index < -0.39 is 97.3 Å². The Kier molecular flexibility index (Phi) is 20.0. The minimum atomic E-state index is -1.75. The second-order valence-electron chi connectivity index (χ2n) is 12.0. The monoisotopic (exact) mass is 688 g/mol. The van der Waals surface area contributed by atoms with Gasteiger partial charge in [-0.15, -0.1) is 0 Å². The third kappa shape index (κ3) is 17.4. The molecule has 6 amide bonds. The zero-order valence-electron chi connectivity index (χ0n) is 27.7. The van der Waals surface area contributed by atoms with Crippen molar-refractivity contribution in [3.63, 3.8) is 0 Å². The van der Waals surface area contributed by atoms with Gasteiger partial charge in [0.1, 0.15) is 30.2 Å². The summed E-state index contributed by atoms with van der Waals surface area (Å²) in [6.45, 7) is 5.26. The molecule has 48 heavy (non-hydrogen) atoms. The molecule has 0 bridgehead atoms. The standard InChI is InChI=1S/C28H52N10O10/c1-13(2)8-16(34-22(42)15(29)6-5-7-33-28(31)32)23(43)37-20(12-40)26(46)38-19(11-39)25(45)35-17(10-21(30)41)24(44)36-18(27(47)48)9-14(3)4/h13-20,39-40H,5-12,29H2,1-4H3,(H2,30,41)(H,34,42)(H,35,45)(H,36,44)(H,37,43)(H,38,46)(H,47,48)(H4,31,32,33)/t15-,16-,17-,18-,19-,20-/m0/s1. The van der Waals surface area contributed by atoms with Gasteiger partial charge < -0.3 is 64.8 Å². The van der Waals surface area contributed by atoms with Crippen LogP contribution in [-0.4, -0.2) is 119 Å². The van der Waals surface area contributed by atoms with E-state index in [2.05, 4.69) is 31.6 Å². The van der Waals surface area contributed by atoms with Crippen LogP contribution in [0.4, 0.5) is 0 Å². The number of amides is 6. The first kappa shape index (κ1) is 43.4. The Labute approximate surface area is 278 Å². The molecule has 16 N–H and O–H groups in total. The molecule has 0 aliphatic rings. The Morgan fingerprint density at radius 2 is 1.02 bits per heavy atom. The van der Waals surface area contributed by atoms with Gasteiger partial charge >= 0.3 is 5.97 Å². The van der Waals surface area contributed by atoms with Crippen LogP contribution in [0, 0.1) is 11.8 Å². The molecular weight excluding hydrogens is 636 g/mol. The lowest BCUT2D eigenvalue weighted by atomic mass is 10.0. The van der Waals surface area contributed by atoms with Gasteiger partial charge in [0.15, 0.2) is 5.96 Å². The highest BCUT2D eigenvalue weighted by atomic mass is 16.4. The SMILES string of the molecule is CC(C)C[C@H](NC(=O)[C@H](CC(N)=O)NC(=O)[C@H](CO)NC(=O)[C@H](CO)NC(=O)[C@H](CC(C)C)NC(=O)[C@@H](N)CCCN=C(N)N)C(=O)O.